The maximum atomic E-state index is 12.5. The molecule has 0 spiro atoms. The summed E-state index contributed by atoms with van der Waals surface area (Å²) >= 11 is 2.54. The summed E-state index contributed by atoms with van der Waals surface area (Å²) in [4.78, 5) is 27.4. The van der Waals surface area contributed by atoms with Crippen molar-refractivity contribution in [3.63, 3.8) is 0 Å². The van der Waals surface area contributed by atoms with E-state index in [1.54, 1.807) is 17.4 Å². The second-order valence-electron chi connectivity index (χ2n) is 4.82. The fraction of sp³-hybridized carbons (Fsp3) is 0.125. The van der Waals surface area contributed by atoms with Crippen molar-refractivity contribution in [1.29, 1.82) is 0 Å². The number of imide groups is 1. The number of carbonyl (C=O) groups excluding carboxylic acids is 2. The number of thiophene rings is 1. The molecule has 3 nitrogen and oxygen atoms in total. The summed E-state index contributed by atoms with van der Waals surface area (Å²) in [5, 5.41) is 1.70. The molecular formula is C16H13NO2S2. The number of hydrogen-bond acceptors (Lipinski definition) is 4. The number of hydrogen-bond donors (Lipinski definition) is 0. The number of anilines is 1. The first kappa shape index (κ1) is 14.1. The summed E-state index contributed by atoms with van der Waals surface area (Å²) in [6.45, 7) is 3.90. The lowest BCUT2D eigenvalue weighted by Crippen LogP contribution is -2.28. The van der Waals surface area contributed by atoms with Gasteiger partial charge in [-0.15, -0.1) is 11.3 Å². The molecule has 3 rings (SSSR count). The number of thioether (sulfide) groups is 1. The fourth-order valence-electron chi connectivity index (χ4n) is 2.23. The number of benzene rings is 1. The van der Waals surface area contributed by atoms with Crippen LogP contribution in [-0.2, 0) is 4.79 Å². The Kier molecular flexibility index (Phi) is 3.69. The molecule has 0 atom stereocenters. The fourth-order valence-corrected chi connectivity index (χ4v) is 3.79. The van der Waals surface area contributed by atoms with Crippen molar-refractivity contribution in [3.05, 3.63) is 56.6 Å². The summed E-state index contributed by atoms with van der Waals surface area (Å²) in [7, 11) is 0. The second kappa shape index (κ2) is 5.50. The number of carbonyl (C=O) groups is 2. The molecule has 1 saturated heterocycles. The molecule has 0 radical (unpaired) electrons. The highest BCUT2D eigenvalue weighted by molar-refractivity contribution is 8.19. The van der Waals surface area contributed by atoms with Crippen molar-refractivity contribution in [2.24, 2.45) is 0 Å². The number of amides is 2. The topological polar surface area (TPSA) is 37.4 Å². The van der Waals surface area contributed by atoms with Gasteiger partial charge in [0.1, 0.15) is 0 Å². The van der Waals surface area contributed by atoms with Crippen LogP contribution < -0.4 is 4.90 Å². The summed E-state index contributed by atoms with van der Waals surface area (Å²) in [5.41, 5.74) is 2.70. The lowest BCUT2D eigenvalue weighted by molar-refractivity contribution is -0.113. The van der Waals surface area contributed by atoms with E-state index in [1.807, 2.05) is 49.6 Å². The van der Waals surface area contributed by atoms with Crippen LogP contribution in [0.2, 0.25) is 0 Å². The van der Waals surface area contributed by atoms with E-state index in [9.17, 15) is 9.59 Å². The van der Waals surface area contributed by atoms with Crippen LogP contribution in [0.3, 0.4) is 0 Å². The largest absolute Gasteiger partial charge is 0.298 e. The van der Waals surface area contributed by atoms with Gasteiger partial charge in [0.2, 0.25) is 0 Å². The van der Waals surface area contributed by atoms with Gasteiger partial charge >= 0.3 is 0 Å². The Morgan fingerprint density at radius 2 is 1.95 bits per heavy atom. The van der Waals surface area contributed by atoms with Crippen LogP contribution in [0.15, 0.2) is 40.6 Å². The molecule has 1 aliphatic rings. The van der Waals surface area contributed by atoms with E-state index in [-0.39, 0.29) is 11.1 Å². The molecule has 1 aliphatic heterocycles. The van der Waals surface area contributed by atoms with Gasteiger partial charge in [0, 0.05) is 4.88 Å². The Labute approximate surface area is 131 Å². The predicted octanol–water partition coefficient (Wildman–Crippen LogP) is 4.61. The van der Waals surface area contributed by atoms with Gasteiger partial charge in [-0.2, -0.15) is 0 Å². The highest BCUT2D eigenvalue weighted by Gasteiger charge is 2.36. The van der Waals surface area contributed by atoms with Gasteiger partial charge in [-0.25, -0.2) is 4.90 Å². The Morgan fingerprint density at radius 3 is 2.62 bits per heavy atom. The molecule has 1 aromatic carbocycles. The standard InChI is InChI=1S/C16H13NO2S2/c1-10-5-6-13(11(2)8-10)17-15(18)14(21-16(17)19)9-12-4-3-7-20-12/h3-9H,1-2H3/b14-9+. The van der Waals surface area contributed by atoms with Crippen molar-refractivity contribution in [3.8, 4) is 0 Å². The quantitative estimate of drug-likeness (QED) is 0.760. The van der Waals surface area contributed by atoms with Gasteiger partial charge < -0.3 is 0 Å². The lowest BCUT2D eigenvalue weighted by atomic mass is 10.1. The predicted molar refractivity (Wildman–Crippen MR) is 88.7 cm³/mol. The van der Waals surface area contributed by atoms with Crippen LogP contribution in [0.25, 0.3) is 6.08 Å². The summed E-state index contributed by atoms with van der Waals surface area (Å²) < 4.78 is 0. The van der Waals surface area contributed by atoms with Crippen molar-refractivity contribution in [2.75, 3.05) is 4.90 Å². The van der Waals surface area contributed by atoms with E-state index in [2.05, 4.69) is 0 Å². The van der Waals surface area contributed by atoms with Crippen molar-refractivity contribution >= 4 is 46.0 Å². The van der Waals surface area contributed by atoms with Gasteiger partial charge in [-0.3, -0.25) is 9.59 Å². The third-order valence-electron chi connectivity index (χ3n) is 3.20. The number of nitrogens with zero attached hydrogens (tertiary/aromatic N) is 1. The molecule has 21 heavy (non-hydrogen) atoms. The maximum absolute atomic E-state index is 12.5. The molecule has 1 aromatic heterocycles. The molecule has 0 unspecified atom stereocenters. The molecule has 5 heteroatoms. The molecule has 0 saturated carbocycles. The molecule has 2 heterocycles. The molecule has 106 valence electrons. The average Bonchev–Trinajstić information content (AvgIpc) is 3.02. The minimum atomic E-state index is -0.245. The first-order valence-electron chi connectivity index (χ1n) is 6.45. The Hall–Kier alpha value is -1.85. The normalized spacial score (nSPS) is 17.0. The zero-order chi connectivity index (χ0) is 15.0. The zero-order valence-corrected chi connectivity index (χ0v) is 13.3. The molecule has 2 amide bonds. The van der Waals surface area contributed by atoms with Gasteiger partial charge in [-0.1, -0.05) is 23.8 Å². The van der Waals surface area contributed by atoms with Gasteiger partial charge in [0.05, 0.1) is 10.6 Å². The van der Waals surface area contributed by atoms with Crippen molar-refractivity contribution in [2.45, 2.75) is 13.8 Å². The van der Waals surface area contributed by atoms with E-state index < -0.39 is 0 Å². The van der Waals surface area contributed by atoms with Crippen molar-refractivity contribution < 1.29 is 9.59 Å². The van der Waals surface area contributed by atoms with E-state index >= 15 is 0 Å². The third-order valence-corrected chi connectivity index (χ3v) is 4.89. The van der Waals surface area contributed by atoms with E-state index in [4.69, 9.17) is 0 Å². The van der Waals surface area contributed by atoms with Crippen LogP contribution in [-0.4, -0.2) is 11.1 Å². The van der Waals surface area contributed by atoms with E-state index in [0.29, 0.717) is 10.6 Å². The highest BCUT2D eigenvalue weighted by Crippen LogP contribution is 2.37. The smallest absolute Gasteiger partial charge is 0.268 e. The van der Waals surface area contributed by atoms with Crippen LogP contribution in [0.5, 0.6) is 0 Å². The maximum Gasteiger partial charge on any atom is 0.298 e. The summed E-state index contributed by atoms with van der Waals surface area (Å²) in [6, 6.07) is 9.56. The zero-order valence-electron chi connectivity index (χ0n) is 11.6. The van der Waals surface area contributed by atoms with Crippen molar-refractivity contribution in [1.82, 2.24) is 0 Å². The van der Waals surface area contributed by atoms with Gasteiger partial charge in [-0.05, 0) is 54.8 Å². The minimum Gasteiger partial charge on any atom is -0.268 e. The summed E-state index contributed by atoms with van der Waals surface area (Å²) in [5.74, 6) is -0.245. The molecule has 2 aromatic rings. The summed E-state index contributed by atoms with van der Waals surface area (Å²) in [6.07, 6.45) is 1.78. The van der Waals surface area contributed by atoms with E-state index in [0.717, 1.165) is 27.8 Å². The Morgan fingerprint density at radius 1 is 1.14 bits per heavy atom. The highest BCUT2D eigenvalue weighted by atomic mass is 32.2. The van der Waals surface area contributed by atoms with Crippen LogP contribution >= 0.6 is 23.1 Å². The van der Waals surface area contributed by atoms with Gasteiger partial charge in [0.25, 0.3) is 11.1 Å². The molecular weight excluding hydrogens is 302 g/mol. The SMILES string of the molecule is Cc1ccc(N2C(=O)S/C(=C/c3cccs3)C2=O)c(C)c1. The Balaban J connectivity index is 1.98. The molecule has 0 N–H and O–H groups in total. The van der Waals surface area contributed by atoms with Crippen LogP contribution in [0.1, 0.15) is 16.0 Å². The number of rotatable bonds is 2. The number of aryl methyl sites for hydroxylation is 2. The lowest BCUT2D eigenvalue weighted by Gasteiger charge is -2.15. The van der Waals surface area contributed by atoms with Gasteiger partial charge in [0.15, 0.2) is 0 Å². The average molecular weight is 315 g/mol. The first-order chi connectivity index (χ1) is 10.1. The van der Waals surface area contributed by atoms with E-state index in [1.165, 1.54) is 4.90 Å². The molecule has 0 aliphatic carbocycles. The first-order valence-corrected chi connectivity index (χ1v) is 8.14. The van der Waals surface area contributed by atoms with Crippen LogP contribution in [0.4, 0.5) is 10.5 Å². The Bertz CT molecular complexity index is 748. The monoisotopic (exact) mass is 315 g/mol. The second-order valence-corrected chi connectivity index (χ2v) is 6.79. The molecule has 0 bridgehead atoms. The molecule has 1 fully saturated rings. The minimum absolute atomic E-state index is 0.241. The third kappa shape index (κ3) is 2.66. The van der Waals surface area contributed by atoms with Crippen LogP contribution in [0, 0.1) is 13.8 Å².